The maximum absolute atomic E-state index is 12.1. The lowest BCUT2D eigenvalue weighted by Crippen LogP contribution is -2.10. The maximum Gasteiger partial charge on any atom is 0.224 e. The first kappa shape index (κ1) is 19.9. The van der Waals surface area contributed by atoms with E-state index in [9.17, 15) is 4.79 Å². The van der Waals surface area contributed by atoms with Crippen molar-refractivity contribution in [3.8, 4) is 22.6 Å². The van der Waals surface area contributed by atoms with Crippen molar-refractivity contribution in [2.75, 3.05) is 5.32 Å². The van der Waals surface area contributed by atoms with E-state index in [-0.39, 0.29) is 5.91 Å². The summed E-state index contributed by atoms with van der Waals surface area (Å²) in [7, 11) is 0. The normalized spacial score (nSPS) is 11.3. The first-order chi connectivity index (χ1) is 15.6. The molecule has 32 heavy (non-hydrogen) atoms. The number of nitrogens with zero attached hydrogens (tertiary/aromatic N) is 4. The second-order valence-electron chi connectivity index (χ2n) is 7.74. The van der Waals surface area contributed by atoms with Gasteiger partial charge in [-0.15, -0.1) is 0 Å². The van der Waals surface area contributed by atoms with Gasteiger partial charge in [0.25, 0.3) is 0 Å². The molecule has 0 spiro atoms. The molecule has 0 atom stereocenters. The van der Waals surface area contributed by atoms with Gasteiger partial charge >= 0.3 is 0 Å². The third-order valence-corrected chi connectivity index (χ3v) is 5.42. The van der Waals surface area contributed by atoms with Crippen LogP contribution in [0, 0.1) is 0 Å². The van der Waals surface area contributed by atoms with E-state index < -0.39 is 0 Å². The van der Waals surface area contributed by atoms with Crippen molar-refractivity contribution in [1.29, 1.82) is 0 Å². The Balaban J connectivity index is 1.57. The molecular formula is C24H23N7O. The molecular weight excluding hydrogens is 402 g/mol. The highest BCUT2D eigenvalue weighted by atomic mass is 16.1. The molecule has 0 saturated heterocycles. The number of carbonyl (C=O) groups excluding carboxylic acids is 1. The lowest BCUT2D eigenvalue weighted by Gasteiger charge is -2.10. The van der Waals surface area contributed by atoms with E-state index >= 15 is 0 Å². The number of benzene rings is 1. The molecule has 5 aromatic rings. The van der Waals surface area contributed by atoms with Crippen molar-refractivity contribution in [1.82, 2.24) is 30.1 Å². The van der Waals surface area contributed by atoms with Gasteiger partial charge in [-0.25, -0.2) is 9.97 Å². The van der Waals surface area contributed by atoms with Gasteiger partial charge in [0, 0.05) is 30.1 Å². The molecule has 0 unspecified atom stereocenters. The zero-order chi connectivity index (χ0) is 22.1. The summed E-state index contributed by atoms with van der Waals surface area (Å²) >= 11 is 0. The van der Waals surface area contributed by atoms with Crippen molar-refractivity contribution in [2.24, 2.45) is 0 Å². The van der Waals surface area contributed by atoms with Gasteiger partial charge in [-0.2, -0.15) is 5.10 Å². The average Bonchev–Trinajstić information content (AvgIpc) is 3.42. The number of nitrogens with one attached hydrogen (secondary N) is 3. The van der Waals surface area contributed by atoms with Crippen LogP contribution in [-0.2, 0) is 11.2 Å². The first-order valence-electron chi connectivity index (χ1n) is 10.7. The zero-order valence-electron chi connectivity index (χ0n) is 17.9. The van der Waals surface area contributed by atoms with Crippen LogP contribution in [0.3, 0.4) is 0 Å². The van der Waals surface area contributed by atoms with Gasteiger partial charge in [0.15, 0.2) is 11.5 Å². The second kappa shape index (κ2) is 8.22. The molecule has 1 amide bonds. The Kier molecular flexibility index (Phi) is 5.10. The molecule has 3 N–H and O–H groups in total. The van der Waals surface area contributed by atoms with E-state index in [1.54, 1.807) is 12.4 Å². The average molecular weight is 425 g/mol. The molecule has 4 heterocycles. The highest BCUT2D eigenvalue weighted by Crippen LogP contribution is 2.31. The third-order valence-electron chi connectivity index (χ3n) is 5.42. The quantitative estimate of drug-likeness (QED) is 0.359. The number of hydrogen-bond acceptors (Lipinski definition) is 5. The second-order valence-corrected chi connectivity index (χ2v) is 7.74. The molecule has 0 aliphatic heterocycles. The fourth-order valence-electron chi connectivity index (χ4n) is 3.80. The number of hydrogen-bond donors (Lipinski definition) is 3. The number of pyridine rings is 2. The lowest BCUT2D eigenvalue weighted by molar-refractivity contribution is -0.116. The van der Waals surface area contributed by atoms with Crippen LogP contribution >= 0.6 is 0 Å². The van der Waals surface area contributed by atoms with Gasteiger partial charge in [-0.1, -0.05) is 19.9 Å². The van der Waals surface area contributed by atoms with Crippen LogP contribution in [0.1, 0.15) is 32.3 Å². The molecule has 0 saturated carbocycles. The van der Waals surface area contributed by atoms with Crippen LogP contribution in [0.25, 0.3) is 44.7 Å². The maximum atomic E-state index is 12.1. The van der Waals surface area contributed by atoms with E-state index in [1.165, 1.54) is 0 Å². The number of aromatic nitrogens is 6. The number of aromatic amines is 2. The van der Waals surface area contributed by atoms with E-state index in [2.05, 4.69) is 54.5 Å². The Morgan fingerprint density at radius 2 is 2.00 bits per heavy atom. The standard InChI is InChI=1S/C24H23N7O/c1-3-5-21(32)27-17-9-14(4-2)8-15(10-17)16-11-18-22(30-31-23(18)26-12-16)24-28-19-6-7-25-13-20(19)29-24/h6-13H,3-5H2,1-2H3,(H,27,32)(H,28,29)(H,26,30,31). The Morgan fingerprint density at radius 3 is 2.81 bits per heavy atom. The number of imidazole rings is 1. The summed E-state index contributed by atoms with van der Waals surface area (Å²) in [6, 6.07) is 10.1. The molecule has 8 nitrogen and oxygen atoms in total. The Morgan fingerprint density at radius 1 is 1.09 bits per heavy atom. The van der Waals surface area contributed by atoms with Crippen LogP contribution in [-0.4, -0.2) is 36.0 Å². The van der Waals surface area contributed by atoms with Gasteiger partial charge in [0.1, 0.15) is 5.69 Å². The Labute approximate surface area is 184 Å². The number of anilines is 1. The number of aryl methyl sites for hydroxylation is 1. The number of H-pyrrole nitrogens is 2. The largest absolute Gasteiger partial charge is 0.335 e. The van der Waals surface area contributed by atoms with Crippen molar-refractivity contribution >= 4 is 33.7 Å². The van der Waals surface area contributed by atoms with Crippen LogP contribution in [0.15, 0.2) is 48.9 Å². The van der Waals surface area contributed by atoms with Gasteiger partial charge in [0.05, 0.1) is 22.6 Å². The molecule has 4 aromatic heterocycles. The summed E-state index contributed by atoms with van der Waals surface area (Å²) in [6.45, 7) is 4.10. The smallest absolute Gasteiger partial charge is 0.224 e. The van der Waals surface area contributed by atoms with Crippen molar-refractivity contribution in [3.05, 3.63) is 54.5 Å². The highest BCUT2D eigenvalue weighted by molar-refractivity contribution is 5.94. The molecule has 160 valence electrons. The summed E-state index contributed by atoms with van der Waals surface area (Å²) in [5.41, 5.74) is 6.97. The summed E-state index contributed by atoms with van der Waals surface area (Å²) < 4.78 is 0. The number of carbonyl (C=O) groups is 1. The van der Waals surface area contributed by atoms with Crippen molar-refractivity contribution < 1.29 is 4.79 Å². The van der Waals surface area contributed by atoms with Crippen molar-refractivity contribution in [2.45, 2.75) is 33.1 Å². The predicted molar refractivity (Wildman–Crippen MR) is 125 cm³/mol. The topological polar surface area (TPSA) is 112 Å². The van der Waals surface area contributed by atoms with E-state index in [1.807, 2.05) is 31.3 Å². The fraction of sp³-hybridized carbons (Fsp3) is 0.208. The summed E-state index contributed by atoms with van der Waals surface area (Å²) in [5, 5.41) is 11.3. The van der Waals surface area contributed by atoms with E-state index in [0.29, 0.717) is 17.9 Å². The SMILES string of the molecule is CCCC(=O)Nc1cc(CC)cc(-c2cnc3n[nH]c(-c4nc5ccncc5[nH]4)c3c2)c1. The molecule has 0 fully saturated rings. The Bertz CT molecular complexity index is 1400. The molecule has 1 aromatic carbocycles. The minimum atomic E-state index is 0.0248. The van der Waals surface area contributed by atoms with E-state index in [4.69, 9.17) is 0 Å². The predicted octanol–water partition coefficient (Wildman–Crippen LogP) is 4.86. The molecule has 0 aliphatic rings. The molecule has 0 aliphatic carbocycles. The number of fused-ring (bicyclic) bond motifs is 2. The van der Waals surface area contributed by atoms with Crippen LogP contribution in [0.4, 0.5) is 5.69 Å². The van der Waals surface area contributed by atoms with Crippen LogP contribution in [0.2, 0.25) is 0 Å². The monoisotopic (exact) mass is 425 g/mol. The Hall–Kier alpha value is -4.07. The summed E-state index contributed by atoms with van der Waals surface area (Å²) in [4.78, 5) is 28.8. The molecule has 0 bridgehead atoms. The molecule has 0 radical (unpaired) electrons. The summed E-state index contributed by atoms with van der Waals surface area (Å²) in [5.74, 6) is 0.709. The zero-order valence-corrected chi connectivity index (χ0v) is 17.9. The molecule has 8 heteroatoms. The minimum Gasteiger partial charge on any atom is -0.335 e. The van der Waals surface area contributed by atoms with Crippen LogP contribution in [0.5, 0.6) is 0 Å². The lowest BCUT2D eigenvalue weighted by atomic mass is 10.0. The summed E-state index contributed by atoms with van der Waals surface area (Å²) in [6.07, 6.45) is 7.46. The van der Waals surface area contributed by atoms with Gasteiger partial charge < -0.3 is 10.3 Å². The third kappa shape index (κ3) is 3.71. The number of amides is 1. The highest BCUT2D eigenvalue weighted by Gasteiger charge is 2.15. The fourth-order valence-corrected chi connectivity index (χ4v) is 3.80. The van der Waals surface area contributed by atoms with Crippen LogP contribution < -0.4 is 5.32 Å². The van der Waals surface area contributed by atoms with E-state index in [0.717, 1.165) is 57.3 Å². The van der Waals surface area contributed by atoms with Crippen molar-refractivity contribution in [3.63, 3.8) is 0 Å². The molecule has 5 rings (SSSR count). The van der Waals surface area contributed by atoms with Gasteiger partial charge in [-0.3, -0.25) is 14.9 Å². The minimum absolute atomic E-state index is 0.0248. The number of rotatable bonds is 6. The van der Waals surface area contributed by atoms with Gasteiger partial charge in [-0.05, 0) is 48.2 Å². The van der Waals surface area contributed by atoms with Gasteiger partial charge in [0.2, 0.25) is 5.91 Å². The first-order valence-corrected chi connectivity index (χ1v) is 10.7.